The fourth-order valence-electron chi connectivity index (χ4n) is 2.78. The highest BCUT2D eigenvalue weighted by molar-refractivity contribution is 6.33. The van der Waals surface area contributed by atoms with Crippen LogP contribution in [0.4, 0.5) is 5.69 Å². The van der Waals surface area contributed by atoms with Gasteiger partial charge < -0.3 is 10.2 Å². The van der Waals surface area contributed by atoms with Crippen LogP contribution in [-0.2, 0) is 4.79 Å². The van der Waals surface area contributed by atoms with E-state index in [9.17, 15) is 4.79 Å². The number of para-hydroxylation sites is 1. The zero-order valence-corrected chi connectivity index (χ0v) is 12.9. The maximum Gasteiger partial charge on any atom is 0.282 e. The van der Waals surface area contributed by atoms with E-state index in [4.69, 9.17) is 11.6 Å². The number of likely N-dealkylation sites (tertiary alicyclic amines) is 1. The number of nitrogens with one attached hydrogen (secondary N) is 2. The lowest BCUT2D eigenvalue weighted by Gasteiger charge is -2.27. The lowest BCUT2D eigenvalue weighted by atomic mass is 10.1. The van der Waals surface area contributed by atoms with E-state index < -0.39 is 0 Å². The molecule has 0 aliphatic carbocycles. The number of anilines is 1. The Balaban J connectivity index is 1.95. The third kappa shape index (κ3) is 4.22. The lowest BCUT2D eigenvalue weighted by molar-refractivity contribution is -0.914. The first-order chi connectivity index (χ1) is 9.68. The van der Waals surface area contributed by atoms with Crippen molar-refractivity contribution < 1.29 is 9.69 Å². The summed E-state index contributed by atoms with van der Waals surface area (Å²) < 4.78 is 0. The van der Waals surface area contributed by atoms with E-state index in [0.29, 0.717) is 10.7 Å². The zero-order chi connectivity index (χ0) is 14.4. The predicted molar refractivity (Wildman–Crippen MR) is 83.3 cm³/mol. The molecular weight excluding hydrogens is 272 g/mol. The highest BCUT2D eigenvalue weighted by Gasteiger charge is 2.25. The average molecular weight is 296 g/mol. The molecule has 0 saturated carbocycles. The number of amides is 1. The van der Waals surface area contributed by atoms with Crippen LogP contribution in [-0.4, -0.2) is 25.0 Å². The molecule has 2 rings (SSSR count). The second-order valence-corrected chi connectivity index (χ2v) is 6.02. The molecule has 0 radical (unpaired) electrons. The predicted octanol–water partition coefficient (Wildman–Crippen LogP) is 2.52. The smallest absolute Gasteiger partial charge is 0.282 e. The summed E-state index contributed by atoms with van der Waals surface area (Å²) in [5.74, 6) is 0.0636. The van der Waals surface area contributed by atoms with Crippen molar-refractivity contribution in [2.45, 2.75) is 45.1 Å². The molecule has 1 amide bonds. The second kappa shape index (κ2) is 7.65. The van der Waals surface area contributed by atoms with Crippen LogP contribution in [0.25, 0.3) is 0 Å². The zero-order valence-electron chi connectivity index (χ0n) is 12.1. The van der Waals surface area contributed by atoms with Gasteiger partial charge in [-0.05, 0) is 44.7 Å². The standard InChI is InChI=1S/C16H23ClN2O/c1-13(19-11-7-3-2-4-8-12-19)16(20)18-15-10-6-5-9-14(15)17/h5-6,9-10,13H,2-4,7-8,11-12H2,1H3,(H,18,20)/p+1/t13-/m0/s1. The number of quaternary nitrogens is 1. The van der Waals surface area contributed by atoms with E-state index in [1.807, 2.05) is 25.1 Å². The van der Waals surface area contributed by atoms with Crippen LogP contribution in [0.2, 0.25) is 5.02 Å². The van der Waals surface area contributed by atoms with Gasteiger partial charge in [-0.2, -0.15) is 0 Å². The molecule has 0 aromatic heterocycles. The summed E-state index contributed by atoms with van der Waals surface area (Å²) in [5, 5.41) is 3.54. The molecule has 3 nitrogen and oxygen atoms in total. The first-order valence-electron chi connectivity index (χ1n) is 7.58. The number of rotatable bonds is 3. The van der Waals surface area contributed by atoms with Crippen LogP contribution in [0.1, 0.15) is 39.0 Å². The minimum absolute atomic E-state index is 0.0237. The molecule has 0 unspecified atom stereocenters. The summed E-state index contributed by atoms with van der Waals surface area (Å²) in [6.45, 7) is 4.21. The summed E-state index contributed by atoms with van der Waals surface area (Å²) >= 11 is 6.08. The van der Waals surface area contributed by atoms with Crippen LogP contribution in [0.3, 0.4) is 0 Å². The van der Waals surface area contributed by atoms with Crippen LogP contribution in [0.5, 0.6) is 0 Å². The van der Waals surface area contributed by atoms with Gasteiger partial charge in [0.15, 0.2) is 6.04 Å². The molecule has 1 aromatic carbocycles. The number of hydrogen-bond acceptors (Lipinski definition) is 1. The molecule has 0 spiro atoms. The van der Waals surface area contributed by atoms with E-state index in [-0.39, 0.29) is 11.9 Å². The number of hydrogen-bond donors (Lipinski definition) is 2. The Hall–Kier alpha value is -1.06. The maximum absolute atomic E-state index is 12.4. The third-order valence-electron chi connectivity index (χ3n) is 4.13. The third-order valence-corrected chi connectivity index (χ3v) is 4.46. The molecular formula is C16H24ClN2O+. The van der Waals surface area contributed by atoms with Crippen molar-refractivity contribution in [2.24, 2.45) is 0 Å². The van der Waals surface area contributed by atoms with Gasteiger partial charge in [0, 0.05) is 0 Å². The van der Waals surface area contributed by atoms with Gasteiger partial charge in [0.1, 0.15) is 0 Å². The molecule has 1 fully saturated rings. The Morgan fingerprint density at radius 1 is 1.15 bits per heavy atom. The molecule has 1 aliphatic rings. The van der Waals surface area contributed by atoms with Gasteiger partial charge in [-0.15, -0.1) is 0 Å². The van der Waals surface area contributed by atoms with Crippen molar-refractivity contribution in [2.75, 3.05) is 18.4 Å². The SMILES string of the molecule is C[C@@H](C(=O)Nc1ccccc1Cl)[NH+]1CCCCCCC1. The molecule has 1 aliphatic heterocycles. The van der Waals surface area contributed by atoms with E-state index in [0.717, 1.165) is 13.1 Å². The van der Waals surface area contributed by atoms with Gasteiger partial charge in [0.25, 0.3) is 5.91 Å². The van der Waals surface area contributed by atoms with Gasteiger partial charge in [0.2, 0.25) is 0 Å². The lowest BCUT2D eigenvalue weighted by Crippen LogP contribution is -3.16. The largest absolute Gasteiger partial charge is 0.325 e. The number of benzene rings is 1. The highest BCUT2D eigenvalue weighted by Crippen LogP contribution is 2.20. The fourth-order valence-corrected chi connectivity index (χ4v) is 2.96. The van der Waals surface area contributed by atoms with E-state index in [1.165, 1.54) is 37.0 Å². The van der Waals surface area contributed by atoms with E-state index in [1.54, 1.807) is 6.07 Å². The normalized spacial score (nSPS) is 18.9. The minimum Gasteiger partial charge on any atom is -0.325 e. The first kappa shape index (κ1) is 15.3. The number of halogens is 1. The number of carbonyl (C=O) groups is 1. The summed E-state index contributed by atoms with van der Waals surface area (Å²) in [4.78, 5) is 13.8. The van der Waals surface area contributed by atoms with Crippen molar-refractivity contribution in [3.05, 3.63) is 29.3 Å². The van der Waals surface area contributed by atoms with Crippen LogP contribution >= 0.6 is 11.6 Å². The molecule has 110 valence electrons. The molecule has 0 bridgehead atoms. The van der Waals surface area contributed by atoms with Gasteiger partial charge >= 0.3 is 0 Å². The Bertz CT molecular complexity index is 442. The average Bonchev–Trinajstić information content (AvgIpc) is 2.40. The molecule has 20 heavy (non-hydrogen) atoms. The van der Waals surface area contributed by atoms with Crippen LogP contribution in [0, 0.1) is 0 Å². The second-order valence-electron chi connectivity index (χ2n) is 5.62. The van der Waals surface area contributed by atoms with Crippen molar-refractivity contribution in [1.82, 2.24) is 0 Å². The Labute approximate surface area is 126 Å². The van der Waals surface area contributed by atoms with Gasteiger partial charge in [-0.25, -0.2) is 0 Å². The van der Waals surface area contributed by atoms with Gasteiger partial charge in [-0.1, -0.05) is 30.2 Å². The summed E-state index contributed by atoms with van der Waals surface area (Å²) in [5.41, 5.74) is 0.706. The molecule has 2 N–H and O–H groups in total. The van der Waals surface area contributed by atoms with Crippen LogP contribution < -0.4 is 10.2 Å². The van der Waals surface area contributed by atoms with E-state index in [2.05, 4.69) is 5.32 Å². The summed E-state index contributed by atoms with van der Waals surface area (Å²) in [7, 11) is 0. The van der Waals surface area contributed by atoms with Crippen molar-refractivity contribution in [1.29, 1.82) is 0 Å². The first-order valence-corrected chi connectivity index (χ1v) is 7.96. The fraction of sp³-hybridized carbons (Fsp3) is 0.562. The Morgan fingerprint density at radius 3 is 2.40 bits per heavy atom. The summed E-state index contributed by atoms with van der Waals surface area (Å²) in [6.07, 6.45) is 6.37. The summed E-state index contributed by atoms with van der Waals surface area (Å²) in [6, 6.07) is 7.37. The van der Waals surface area contributed by atoms with Gasteiger partial charge in [-0.3, -0.25) is 4.79 Å². The molecule has 4 heteroatoms. The monoisotopic (exact) mass is 295 g/mol. The Kier molecular flexibility index (Phi) is 5.86. The quantitative estimate of drug-likeness (QED) is 0.883. The van der Waals surface area contributed by atoms with Crippen molar-refractivity contribution >= 4 is 23.2 Å². The molecule has 1 saturated heterocycles. The minimum atomic E-state index is -0.0237. The Morgan fingerprint density at radius 2 is 1.75 bits per heavy atom. The maximum atomic E-state index is 12.4. The van der Waals surface area contributed by atoms with Crippen LogP contribution in [0.15, 0.2) is 24.3 Å². The van der Waals surface area contributed by atoms with Crippen molar-refractivity contribution in [3.63, 3.8) is 0 Å². The molecule has 1 atom stereocenters. The highest BCUT2D eigenvalue weighted by atomic mass is 35.5. The topological polar surface area (TPSA) is 33.5 Å². The van der Waals surface area contributed by atoms with Gasteiger partial charge in [0.05, 0.1) is 23.8 Å². The van der Waals surface area contributed by atoms with Crippen molar-refractivity contribution in [3.8, 4) is 0 Å². The molecule has 1 heterocycles. The van der Waals surface area contributed by atoms with E-state index >= 15 is 0 Å². The molecule has 1 aromatic rings. The number of carbonyl (C=O) groups excluding carboxylic acids is 1.